The Kier molecular flexibility index (Phi) is 5.35. The van der Waals surface area contributed by atoms with E-state index in [2.05, 4.69) is 53.1 Å². The van der Waals surface area contributed by atoms with E-state index >= 15 is 0 Å². The minimum absolute atomic E-state index is 0.484. The van der Waals surface area contributed by atoms with Crippen LogP contribution < -0.4 is 5.32 Å². The summed E-state index contributed by atoms with van der Waals surface area (Å²) in [5, 5.41) is 7.73. The SMILES string of the molecule is CCn1cc(CNCCCn2ccnc2C(C)C)cn1. The summed E-state index contributed by atoms with van der Waals surface area (Å²) in [6, 6.07) is 0. The van der Waals surface area contributed by atoms with Crippen LogP contribution in [0.15, 0.2) is 24.8 Å². The Morgan fingerprint density at radius 2 is 2.20 bits per heavy atom. The molecule has 20 heavy (non-hydrogen) atoms. The smallest absolute Gasteiger partial charge is 0.111 e. The standard InChI is InChI=1S/C15H25N5/c1-4-20-12-14(11-18-20)10-16-6-5-8-19-9-7-17-15(19)13(2)3/h7,9,11-13,16H,4-6,8,10H2,1-3H3. The first-order valence-electron chi connectivity index (χ1n) is 7.43. The second kappa shape index (κ2) is 7.24. The van der Waals surface area contributed by atoms with Crippen LogP contribution in [0.4, 0.5) is 0 Å². The summed E-state index contributed by atoms with van der Waals surface area (Å²) in [4.78, 5) is 4.41. The van der Waals surface area contributed by atoms with E-state index in [1.807, 2.05) is 17.1 Å². The molecule has 0 unspecified atom stereocenters. The molecule has 0 saturated heterocycles. The van der Waals surface area contributed by atoms with Gasteiger partial charge < -0.3 is 9.88 Å². The van der Waals surface area contributed by atoms with E-state index in [4.69, 9.17) is 0 Å². The van der Waals surface area contributed by atoms with Gasteiger partial charge in [0.15, 0.2) is 0 Å². The van der Waals surface area contributed by atoms with Gasteiger partial charge in [-0.25, -0.2) is 4.98 Å². The molecular weight excluding hydrogens is 250 g/mol. The van der Waals surface area contributed by atoms with Crippen LogP contribution in [0.5, 0.6) is 0 Å². The van der Waals surface area contributed by atoms with E-state index in [0.29, 0.717) is 5.92 Å². The van der Waals surface area contributed by atoms with Gasteiger partial charge in [0.05, 0.1) is 6.20 Å². The largest absolute Gasteiger partial charge is 0.335 e. The third-order valence-corrected chi connectivity index (χ3v) is 3.36. The summed E-state index contributed by atoms with van der Waals surface area (Å²) in [6.07, 6.45) is 9.10. The molecule has 0 radical (unpaired) electrons. The number of aryl methyl sites for hydroxylation is 2. The topological polar surface area (TPSA) is 47.7 Å². The van der Waals surface area contributed by atoms with Gasteiger partial charge in [-0.2, -0.15) is 5.10 Å². The van der Waals surface area contributed by atoms with Gasteiger partial charge in [-0.05, 0) is 19.9 Å². The summed E-state index contributed by atoms with van der Waals surface area (Å²) in [6.45, 7) is 10.3. The lowest BCUT2D eigenvalue weighted by Gasteiger charge is -2.10. The van der Waals surface area contributed by atoms with Crippen LogP contribution in [0, 0.1) is 0 Å². The summed E-state index contributed by atoms with van der Waals surface area (Å²) < 4.78 is 4.21. The lowest BCUT2D eigenvalue weighted by molar-refractivity contribution is 0.553. The fraction of sp³-hybridized carbons (Fsp3) is 0.600. The van der Waals surface area contributed by atoms with E-state index in [1.165, 1.54) is 11.4 Å². The van der Waals surface area contributed by atoms with Crippen molar-refractivity contribution in [2.24, 2.45) is 0 Å². The molecule has 2 rings (SSSR count). The minimum atomic E-state index is 0.484. The Hall–Kier alpha value is -1.62. The average Bonchev–Trinajstić information content (AvgIpc) is 3.06. The lowest BCUT2D eigenvalue weighted by Crippen LogP contribution is -2.17. The van der Waals surface area contributed by atoms with Crippen molar-refractivity contribution in [3.05, 3.63) is 36.2 Å². The molecule has 0 saturated carbocycles. The van der Waals surface area contributed by atoms with E-state index in [0.717, 1.165) is 32.6 Å². The van der Waals surface area contributed by atoms with Crippen molar-refractivity contribution < 1.29 is 0 Å². The van der Waals surface area contributed by atoms with Crippen molar-refractivity contribution in [2.45, 2.75) is 52.7 Å². The molecule has 2 heterocycles. The number of hydrogen-bond donors (Lipinski definition) is 1. The summed E-state index contributed by atoms with van der Waals surface area (Å²) >= 11 is 0. The quantitative estimate of drug-likeness (QED) is 0.753. The van der Waals surface area contributed by atoms with Gasteiger partial charge in [0.25, 0.3) is 0 Å². The van der Waals surface area contributed by atoms with E-state index < -0.39 is 0 Å². The first-order valence-corrected chi connectivity index (χ1v) is 7.43. The number of hydrogen-bond acceptors (Lipinski definition) is 3. The number of rotatable bonds is 8. The van der Waals surface area contributed by atoms with Crippen molar-refractivity contribution in [1.29, 1.82) is 0 Å². The zero-order valence-electron chi connectivity index (χ0n) is 12.7. The zero-order chi connectivity index (χ0) is 14.4. The van der Waals surface area contributed by atoms with E-state index in [-0.39, 0.29) is 0 Å². The molecule has 2 aromatic heterocycles. The summed E-state index contributed by atoms with van der Waals surface area (Å²) in [7, 11) is 0. The van der Waals surface area contributed by atoms with Gasteiger partial charge in [-0.15, -0.1) is 0 Å². The Morgan fingerprint density at radius 3 is 2.90 bits per heavy atom. The monoisotopic (exact) mass is 275 g/mol. The molecule has 0 aliphatic heterocycles. The van der Waals surface area contributed by atoms with Crippen LogP contribution >= 0.6 is 0 Å². The van der Waals surface area contributed by atoms with Crippen LogP contribution in [-0.2, 0) is 19.6 Å². The van der Waals surface area contributed by atoms with Crippen molar-refractivity contribution in [3.63, 3.8) is 0 Å². The number of nitrogens with zero attached hydrogens (tertiary/aromatic N) is 4. The molecular formula is C15H25N5. The molecule has 0 aliphatic rings. The Labute approximate surface area is 121 Å². The summed E-state index contributed by atoms with van der Waals surface area (Å²) in [5.74, 6) is 1.66. The lowest BCUT2D eigenvalue weighted by atomic mass is 10.2. The van der Waals surface area contributed by atoms with Gasteiger partial charge in [-0.1, -0.05) is 13.8 Å². The minimum Gasteiger partial charge on any atom is -0.335 e. The van der Waals surface area contributed by atoms with E-state index in [1.54, 1.807) is 0 Å². The fourth-order valence-electron chi connectivity index (χ4n) is 2.29. The van der Waals surface area contributed by atoms with Crippen molar-refractivity contribution in [2.75, 3.05) is 6.54 Å². The molecule has 0 fully saturated rings. The highest BCUT2D eigenvalue weighted by Crippen LogP contribution is 2.11. The molecule has 110 valence electrons. The maximum absolute atomic E-state index is 4.41. The van der Waals surface area contributed by atoms with Gasteiger partial charge in [-0.3, -0.25) is 4.68 Å². The van der Waals surface area contributed by atoms with Crippen molar-refractivity contribution >= 4 is 0 Å². The van der Waals surface area contributed by atoms with Crippen LogP contribution in [0.3, 0.4) is 0 Å². The molecule has 5 nitrogen and oxygen atoms in total. The van der Waals surface area contributed by atoms with Crippen LogP contribution in [0.1, 0.15) is 44.5 Å². The van der Waals surface area contributed by atoms with Crippen LogP contribution in [0.25, 0.3) is 0 Å². The van der Waals surface area contributed by atoms with Crippen molar-refractivity contribution in [3.8, 4) is 0 Å². The van der Waals surface area contributed by atoms with Crippen LogP contribution in [0.2, 0.25) is 0 Å². The van der Waals surface area contributed by atoms with Gasteiger partial charge in [0.1, 0.15) is 5.82 Å². The van der Waals surface area contributed by atoms with E-state index in [9.17, 15) is 0 Å². The predicted molar refractivity (Wildman–Crippen MR) is 80.5 cm³/mol. The molecule has 0 bridgehead atoms. The Balaban J connectivity index is 1.67. The molecule has 5 heteroatoms. The second-order valence-electron chi connectivity index (χ2n) is 5.37. The number of aromatic nitrogens is 4. The van der Waals surface area contributed by atoms with Crippen LogP contribution in [-0.4, -0.2) is 25.9 Å². The third kappa shape index (κ3) is 3.93. The van der Waals surface area contributed by atoms with Gasteiger partial charge in [0.2, 0.25) is 0 Å². The molecule has 2 aromatic rings. The number of nitrogens with one attached hydrogen (secondary N) is 1. The maximum atomic E-state index is 4.41. The molecule has 0 aromatic carbocycles. The average molecular weight is 275 g/mol. The highest BCUT2D eigenvalue weighted by Gasteiger charge is 2.06. The third-order valence-electron chi connectivity index (χ3n) is 3.36. The molecule has 0 spiro atoms. The highest BCUT2D eigenvalue weighted by atomic mass is 15.3. The first kappa shape index (κ1) is 14.8. The maximum Gasteiger partial charge on any atom is 0.111 e. The fourth-order valence-corrected chi connectivity index (χ4v) is 2.29. The molecule has 0 amide bonds. The Morgan fingerprint density at radius 1 is 1.35 bits per heavy atom. The number of imidazole rings is 1. The Bertz CT molecular complexity index is 512. The highest BCUT2D eigenvalue weighted by molar-refractivity contribution is 5.03. The van der Waals surface area contributed by atoms with Gasteiger partial charge >= 0.3 is 0 Å². The van der Waals surface area contributed by atoms with Crippen molar-refractivity contribution in [1.82, 2.24) is 24.6 Å². The molecule has 0 atom stereocenters. The molecule has 1 N–H and O–H groups in total. The molecule has 0 aliphatic carbocycles. The normalized spacial score (nSPS) is 11.4. The van der Waals surface area contributed by atoms with Gasteiger partial charge in [0, 0.05) is 49.7 Å². The second-order valence-corrected chi connectivity index (χ2v) is 5.37. The summed E-state index contributed by atoms with van der Waals surface area (Å²) in [5.41, 5.74) is 1.25. The first-order chi connectivity index (χ1) is 9.70. The zero-order valence-corrected chi connectivity index (χ0v) is 12.7. The predicted octanol–water partition coefficient (Wildman–Crippen LogP) is 2.40.